The van der Waals surface area contributed by atoms with Gasteiger partial charge in [-0.05, 0) is 32.1 Å². The van der Waals surface area contributed by atoms with Gasteiger partial charge >= 0.3 is 0 Å². The molecule has 1 rings (SSSR count). The number of carbonyl (C=O) groups is 1. The van der Waals surface area contributed by atoms with Gasteiger partial charge < -0.3 is 15.8 Å². The summed E-state index contributed by atoms with van der Waals surface area (Å²) < 4.78 is 5.69. The normalized spacial score (nSPS) is 19.8. The van der Waals surface area contributed by atoms with Gasteiger partial charge in [0.25, 0.3) is 0 Å². The molecule has 1 amide bonds. The van der Waals surface area contributed by atoms with E-state index in [1.165, 1.54) is 51.4 Å². The molecule has 1 saturated heterocycles. The first kappa shape index (κ1) is 21.2. The highest BCUT2D eigenvalue weighted by Crippen LogP contribution is 2.30. The lowest BCUT2D eigenvalue weighted by molar-refractivity contribution is -0.121. The molecule has 0 saturated carbocycles. The fraction of sp³-hybridized carbons (Fsp3) is 0.850. The summed E-state index contributed by atoms with van der Waals surface area (Å²) in [7, 11) is 0. The van der Waals surface area contributed by atoms with Crippen molar-refractivity contribution in [3.63, 3.8) is 0 Å². The monoisotopic (exact) mass is 338 g/mol. The predicted molar refractivity (Wildman–Crippen MR) is 101 cm³/mol. The summed E-state index contributed by atoms with van der Waals surface area (Å²) in [5, 5.41) is 2.81. The third-order valence-corrected chi connectivity index (χ3v) is 4.56. The van der Waals surface area contributed by atoms with Gasteiger partial charge in [0.2, 0.25) is 5.91 Å². The van der Waals surface area contributed by atoms with Gasteiger partial charge in [-0.15, -0.1) is 0 Å². The van der Waals surface area contributed by atoms with E-state index in [0.29, 0.717) is 31.7 Å². The van der Waals surface area contributed by atoms with Crippen LogP contribution in [0.4, 0.5) is 0 Å². The maximum atomic E-state index is 11.4. The third kappa shape index (κ3) is 11.6. The summed E-state index contributed by atoms with van der Waals surface area (Å²) in [6.07, 6.45) is 19.6. The van der Waals surface area contributed by atoms with Crippen LogP contribution in [0.25, 0.3) is 0 Å². The Morgan fingerprint density at radius 3 is 2.62 bits per heavy atom. The molecule has 1 fully saturated rings. The number of carbonyl (C=O) groups excluding carboxylic acids is 1. The van der Waals surface area contributed by atoms with Crippen LogP contribution in [0.1, 0.15) is 84.0 Å². The van der Waals surface area contributed by atoms with E-state index in [-0.39, 0.29) is 5.91 Å². The highest BCUT2D eigenvalue weighted by atomic mass is 16.6. The van der Waals surface area contributed by atoms with Crippen LogP contribution in [-0.4, -0.2) is 31.2 Å². The van der Waals surface area contributed by atoms with Gasteiger partial charge in [-0.2, -0.15) is 0 Å². The summed E-state index contributed by atoms with van der Waals surface area (Å²) in [5.74, 6) is 0.138. The molecule has 0 spiro atoms. The minimum absolute atomic E-state index is 0.138. The molecule has 3 N–H and O–H groups in total. The highest BCUT2D eigenvalue weighted by molar-refractivity contribution is 5.75. The average Bonchev–Trinajstić information content (AvgIpc) is 3.33. The number of nitrogens with one attached hydrogen (secondary N) is 1. The minimum Gasteiger partial charge on any atom is -0.369 e. The zero-order valence-corrected chi connectivity index (χ0v) is 15.6. The number of unbranched alkanes of at least 4 members (excludes halogenated alkanes) is 7. The number of amides is 1. The van der Waals surface area contributed by atoms with Gasteiger partial charge in [0.05, 0.1) is 12.2 Å². The molecule has 0 aliphatic carbocycles. The first-order chi connectivity index (χ1) is 11.8. The number of allylic oxidation sites excluding steroid dienone is 1. The molecule has 1 aliphatic rings. The first-order valence-electron chi connectivity index (χ1n) is 10.0. The van der Waals surface area contributed by atoms with Crippen molar-refractivity contribution in [2.24, 2.45) is 5.73 Å². The summed E-state index contributed by atoms with van der Waals surface area (Å²) in [5.41, 5.74) is 5.35. The molecule has 0 aromatic carbocycles. The Morgan fingerprint density at radius 2 is 1.83 bits per heavy atom. The quantitative estimate of drug-likeness (QED) is 0.253. The molecule has 1 aliphatic heterocycles. The average molecular weight is 339 g/mol. The Balaban J connectivity index is 1.80. The molecule has 0 aromatic heterocycles. The van der Waals surface area contributed by atoms with Crippen LogP contribution >= 0.6 is 0 Å². The predicted octanol–water partition coefficient (Wildman–Crippen LogP) is 4.09. The van der Waals surface area contributed by atoms with E-state index in [2.05, 4.69) is 24.4 Å². The number of ether oxygens (including phenoxy) is 1. The van der Waals surface area contributed by atoms with E-state index in [1.807, 2.05) is 0 Å². The summed E-state index contributed by atoms with van der Waals surface area (Å²) >= 11 is 0. The van der Waals surface area contributed by atoms with Crippen molar-refractivity contribution in [3.05, 3.63) is 12.2 Å². The summed E-state index contributed by atoms with van der Waals surface area (Å²) in [4.78, 5) is 11.4. The van der Waals surface area contributed by atoms with Crippen LogP contribution in [-0.2, 0) is 9.53 Å². The number of rotatable bonds is 16. The molecule has 4 heteroatoms. The SMILES string of the molecule is CCCCC[C@H]1O[C@H]1C/C=C\CCCCCCCC(=O)NCCN. The second-order valence-corrected chi connectivity index (χ2v) is 6.86. The fourth-order valence-electron chi connectivity index (χ4n) is 2.96. The molecule has 0 radical (unpaired) electrons. The van der Waals surface area contributed by atoms with Gasteiger partial charge in [-0.25, -0.2) is 0 Å². The van der Waals surface area contributed by atoms with Crippen molar-refractivity contribution in [1.82, 2.24) is 5.32 Å². The number of epoxide rings is 1. The second-order valence-electron chi connectivity index (χ2n) is 6.86. The topological polar surface area (TPSA) is 67.7 Å². The maximum Gasteiger partial charge on any atom is 0.220 e. The van der Waals surface area contributed by atoms with Crippen molar-refractivity contribution in [3.8, 4) is 0 Å². The number of nitrogens with two attached hydrogens (primary N) is 1. The van der Waals surface area contributed by atoms with Gasteiger partial charge in [-0.3, -0.25) is 4.79 Å². The zero-order chi connectivity index (χ0) is 17.5. The van der Waals surface area contributed by atoms with Gasteiger partial charge in [-0.1, -0.05) is 57.6 Å². The van der Waals surface area contributed by atoms with Crippen molar-refractivity contribution >= 4 is 5.91 Å². The largest absolute Gasteiger partial charge is 0.369 e. The minimum atomic E-state index is 0.138. The maximum absolute atomic E-state index is 11.4. The summed E-state index contributed by atoms with van der Waals surface area (Å²) in [6, 6.07) is 0. The van der Waals surface area contributed by atoms with Crippen LogP contribution in [0.5, 0.6) is 0 Å². The van der Waals surface area contributed by atoms with E-state index < -0.39 is 0 Å². The highest BCUT2D eigenvalue weighted by Gasteiger charge is 2.36. The van der Waals surface area contributed by atoms with E-state index in [9.17, 15) is 4.79 Å². The standard InChI is InChI=1S/C20H38N2O2/c1-2-3-10-13-18-19(24-18)14-11-8-6-4-5-7-9-12-15-20(23)22-17-16-21/h8,11,18-19H,2-7,9-10,12-17,21H2,1H3,(H,22,23)/b11-8-/t18-,19+/m1/s1. The van der Waals surface area contributed by atoms with Crippen molar-refractivity contribution < 1.29 is 9.53 Å². The van der Waals surface area contributed by atoms with E-state index in [0.717, 1.165) is 19.3 Å². The van der Waals surface area contributed by atoms with E-state index in [4.69, 9.17) is 10.5 Å². The van der Waals surface area contributed by atoms with Crippen molar-refractivity contribution in [1.29, 1.82) is 0 Å². The lowest BCUT2D eigenvalue weighted by Crippen LogP contribution is -2.28. The third-order valence-electron chi connectivity index (χ3n) is 4.56. The second kappa shape index (κ2) is 14.5. The van der Waals surface area contributed by atoms with E-state index >= 15 is 0 Å². The molecule has 4 nitrogen and oxygen atoms in total. The Bertz CT molecular complexity index is 345. The molecule has 2 atom stereocenters. The molecule has 1 heterocycles. The van der Waals surface area contributed by atoms with Crippen molar-refractivity contribution in [2.75, 3.05) is 13.1 Å². The van der Waals surface area contributed by atoms with E-state index in [1.54, 1.807) is 0 Å². The summed E-state index contributed by atoms with van der Waals surface area (Å²) in [6.45, 7) is 3.36. The Hall–Kier alpha value is -0.870. The fourth-order valence-corrected chi connectivity index (χ4v) is 2.96. The lowest BCUT2D eigenvalue weighted by Gasteiger charge is -2.03. The van der Waals surface area contributed by atoms with Crippen molar-refractivity contribution in [2.45, 2.75) is 96.2 Å². The number of hydrogen-bond acceptors (Lipinski definition) is 3. The van der Waals surface area contributed by atoms with Crippen LogP contribution in [0.2, 0.25) is 0 Å². The van der Waals surface area contributed by atoms with Crippen LogP contribution in [0.3, 0.4) is 0 Å². The van der Waals surface area contributed by atoms with Gasteiger partial charge in [0.15, 0.2) is 0 Å². The Kier molecular flexibility index (Phi) is 12.8. The molecular weight excluding hydrogens is 300 g/mol. The zero-order valence-electron chi connectivity index (χ0n) is 15.6. The van der Waals surface area contributed by atoms with Crippen LogP contribution in [0.15, 0.2) is 12.2 Å². The molecular formula is C20H38N2O2. The van der Waals surface area contributed by atoms with Crippen LogP contribution < -0.4 is 11.1 Å². The van der Waals surface area contributed by atoms with Gasteiger partial charge in [0, 0.05) is 19.5 Å². The Morgan fingerprint density at radius 1 is 1.04 bits per heavy atom. The Labute approximate surface area is 148 Å². The number of hydrogen-bond donors (Lipinski definition) is 2. The smallest absolute Gasteiger partial charge is 0.220 e. The molecule has 0 unspecified atom stereocenters. The molecule has 0 bridgehead atoms. The van der Waals surface area contributed by atoms with Gasteiger partial charge in [0.1, 0.15) is 0 Å². The molecule has 140 valence electrons. The first-order valence-corrected chi connectivity index (χ1v) is 10.0. The molecule has 0 aromatic rings. The van der Waals surface area contributed by atoms with Crippen LogP contribution in [0, 0.1) is 0 Å². The lowest BCUT2D eigenvalue weighted by atomic mass is 10.1. The molecule has 24 heavy (non-hydrogen) atoms.